The van der Waals surface area contributed by atoms with Gasteiger partial charge in [0.1, 0.15) is 12.7 Å². The molecule has 1 aromatic rings. The number of thiophene rings is 1. The largest absolute Gasteiger partial charge is 1.00 e. The normalized spacial score (nSPS) is 17.9. The molecule has 9 heteroatoms. The fourth-order valence-corrected chi connectivity index (χ4v) is 3.06. The molecule has 1 aliphatic heterocycles. The van der Waals surface area contributed by atoms with E-state index in [2.05, 4.69) is 0 Å². The molecule has 0 saturated heterocycles. The molecule has 6 nitrogen and oxygen atoms in total. The van der Waals surface area contributed by atoms with Crippen LogP contribution < -0.4 is 28.3 Å². The molecular weight excluding hydrogens is 297 g/mol. The van der Waals surface area contributed by atoms with Crippen molar-refractivity contribution in [2.75, 3.05) is 32.5 Å². The molecule has 1 aliphatic rings. The van der Waals surface area contributed by atoms with E-state index in [1.54, 1.807) is 0 Å². The van der Waals surface area contributed by atoms with Crippen LogP contribution in [0.25, 0.3) is 0 Å². The molecule has 0 radical (unpaired) electrons. The van der Waals surface area contributed by atoms with Crippen molar-refractivity contribution < 1.29 is 41.3 Å². The summed E-state index contributed by atoms with van der Waals surface area (Å²) in [5.74, 6) is 1.21. The first-order valence-electron chi connectivity index (χ1n) is 5.92. The molecule has 1 aromatic heterocycles. The molecule has 0 aliphatic carbocycles. The van der Waals surface area contributed by atoms with Crippen LogP contribution in [0.15, 0.2) is 10.8 Å². The zero-order valence-corrected chi connectivity index (χ0v) is 13.2. The Hall–Kier alpha value is -0.233. The third-order valence-electron chi connectivity index (χ3n) is 2.76. The van der Waals surface area contributed by atoms with Crippen LogP contribution in [0, 0.1) is 0 Å². The van der Waals surface area contributed by atoms with Crippen molar-refractivity contribution in [3.05, 3.63) is 10.8 Å². The summed E-state index contributed by atoms with van der Waals surface area (Å²) in [7, 11) is -2.25. The van der Waals surface area contributed by atoms with E-state index in [4.69, 9.17) is 9.47 Å². The van der Waals surface area contributed by atoms with Gasteiger partial charge in [0.15, 0.2) is 11.5 Å². The first kappa shape index (κ1) is 17.8. The number of fused-ring (bicyclic) bond motifs is 1. The zero-order chi connectivity index (χ0) is 13.9. The van der Waals surface area contributed by atoms with Crippen molar-refractivity contribution in [1.82, 2.24) is 4.90 Å². The van der Waals surface area contributed by atoms with Crippen molar-refractivity contribution in [2.24, 2.45) is 0 Å². The van der Waals surface area contributed by atoms with Gasteiger partial charge in [-0.15, -0.1) is 11.3 Å². The van der Waals surface area contributed by atoms with Gasteiger partial charge in [0.05, 0.1) is 10.1 Å². The second-order valence-corrected chi connectivity index (χ2v) is 6.80. The summed E-state index contributed by atoms with van der Waals surface area (Å²) in [4.78, 5) is 1.94. The van der Waals surface area contributed by atoms with E-state index in [1.165, 1.54) is 11.3 Å². The van der Waals surface area contributed by atoms with Gasteiger partial charge < -0.3 is 18.9 Å². The topological polar surface area (TPSA) is 78.9 Å². The molecule has 2 heterocycles. The van der Waals surface area contributed by atoms with Gasteiger partial charge in [-0.1, -0.05) is 0 Å². The number of nitrogens with zero attached hydrogens (tertiary/aromatic N) is 1. The van der Waals surface area contributed by atoms with E-state index in [9.17, 15) is 13.0 Å². The minimum atomic E-state index is -4.12. The molecule has 0 amide bonds. The number of hydrogen-bond donors (Lipinski definition) is 0. The van der Waals surface area contributed by atoms with Gasteiger partial charge in [-0.2, -0.15) is 0 Å². The molecule has 1 atom stereocenters. The van der Waals surface area contributed by atoms with Gasteiger partial charge in [-0.3, -0.25) is 0 Å². The third kappa shape index (κ3) is 5.64. The summed E-state index contributed by atoms with van der Waals surface area (Å²) < 4.78 is 42.8. The van der Waals surface area contributed by atoms with E-state index in [-0.39, 0.29) is 30.7 Å². The van der Waals surface area contributed by atoms with Crippen LogP contribution in [0.1, 0.15) is 6.42 Å². The van der Waals surface area contributed by atoms with Crippen LogP contribution in [0.3, 0.4) is 0 Å². The molecule has 2 rings (SSSR count). The first-order valence-corrected chi connectivity index (χ1v) is 8.44. The maximum Gasteiger partial charge on any atom is 1.00 e. The summed E-state index contributed by atoms with van der Waals surface area (Å²) in [6.07, 6.45) is 0.260. The average molecular weight is 313 g/mol. The summed E-state index contributed by atoms with van der Waals surface area (Å²) >= 11 is 1.53. The summed E-state index contributed by atoms with van der Waals surface area (Å²) in [6.45, 7) is 1.65. The number of rotatable bonds is 6. The van der Waals surface area contributed by atoms with Crippen LogP contribution in [0.5, 0.6) is 11.5 Å². The van der Waals surface area contributed by atoms with Gasteiger partial charge in [-0.25, -0.2) is 8.42 Å². The van der Waals surface area contributed by atoms with Crippen LogP contribution in [-0.2, 0) is 10.1 Å². The molecule has 0 N–H and O–H groups in total. The zero-order valence-electron chi connectivity index (χ0n) is 11.6. The number of hydrogen-bond acceptors (Lipinski definition) is 7. The second kappa shape index (κ2) is 7.68. The average Bonchev–Trinajstić information content (AvgIpc) is 2.74. The molecule has 0 fully saturated rings. The fourth-order valence-electron chi connectivity index (χ4n) is 1.90. The number of likely N-dealkylation sites (N-methyl/N-ethyl adjacent to an activating group) is 1. The SMILES string of the molecule is CN(CCCS(=O)(=O)[O-])CC1COc2cscc2O1.[Li+]. The second-order valence-electron chi connectivity index (χ2n) is 4.53. The monoisotopic (exact) mass is 313 g/mol. The molecular formula is C11H16LiNO5S2. The first-order chi connectivity index (χ1) is 8.94. The molecule has 20 heavy (non-hydrogen) atoms. The third-order valence-corrected chi connectivity index (χ3v) is 4.25. The van der Waals surface area contributed by atoms with Gasteiger partial charge in [-0.05, 0) is 20.0 Å². The molecule has 0 aromatic carbocycles. The van der Waals surface area contributed by atoms with E-state index in [0.29, 0.717) is 26.1 Å². The Balaban J connectivity index is 0.00000200. The smallest absolute Gasteiger partial charge is 0.748 e. The Labute approximate surface area is 135 Å². The van der Waals surface area contributed by atoms with Gasteiger partial charge in [0.2, 0.25) is 0 Å². The van der Waals surface area contributed by atoms with Crippen molar-refractivity contribution in [3.63, 3.8) is 0 Å². The molecule has 0 bridgehead atoms. The standard InChI is InChI=1S/C11H17NO5S2.Li/c1-12(3-2-4-19(13,14)15)5-9-6-16-10-7-18-8-11(10)17-9;/h7-9H,2-6H2,1H3,(H,13,14,15);/q;+1/p-1. The minimum absolute atomic E-state index is 0. The summed E-state index contributed by atoms with van der Waals surface area (Å²) in [5, 5.41) is 3.79. The van der Waals surface area contributed by atoms with Crippen molar-refractivity contribution >= 4 is 21.5 Å². The van der Waals surface area contributed by atoms with E-state index < -0.39 is 10.1 Å². The predicted molar refractivity (Wildman–Crippen MR) is 70.9 cm³/mol. The van der Waals surface area contributed by atoms with E-state index in [0.717, 1.165) is 11.5 Å². The quantitative estimate of drug-likeness (QED) is 0.436. The molecule has 108 valence electrons. The maximum absolute atomic E-state index is 10.5. The summed E-state index contributed by atoms with van der Waals surface area (Å²) in [6, 6.07) is 0. The van der Waals surface area contributed by atoms with E-state index in [1.807, 2.05) is 22.7 Å². The Bertz CT molecular complexity index is 519. The van der Waals surface area contributed by atoms with Crippen LogP contribution in [-0.4, -0.2) is 56.5 Å². The Morgan fingerprint density at radius 2 is 2.15 bits per heavy atom. The van der Waals surface area contributed by atoms with Crippen molar-refractivity contribution in [2.45, 2.75) is 12.5 Å². The Morgan fingerprint density at radius 1 is 1.45 bits per heavy atom. The van der Waals surface area contributed by atoms with Gasteiger partial charge >= 0.3 is 18.9 Å². The van der Waals surface area contributed by atoms with Gasteiger partial charge in [0.25, 0.3) is 0 Å². The van der Waals surface area contributed by atoms with E-state index >= 15 is 0 Å². The predicted octanol–water partition coefficient (Wildman–Crippen LogP) is -2.24. The van der Waals surface area contributed by atoms with Crippen LogP contribution in [0.2, 0.25) is 0 Å². The van der Waals surface area contributed by atoms with Crippen molar-refractivity contribution in [1.29, 1.82) is 0 Å². The molecule has 0 saturated carbocycles. The Morgan fingerprint density at radius 3 is 2.85 bits per heavy atom. The molecule has 1 unspecified atom stereocenters. The van der Waals surface area contributed by atoms with Crippen LogP contribution >= 0.6 is 11.3 Å². The Kier molecular flexibility index (Phi) is 6.85. The van der Waals surface area contributed by atoms with Gasteiger partial charge in [0, 0.05) is 23.1 Å². The van der Waals surface area contributed by atoms with Crippen molar-refractivity contribution in [3.8, 4) is 11.5 Å². The summed E-state index contributed by atoms with van der Waals surface area (Å²) in [5.41, 5.74) is 0. The van der Waals surface area contributed by atoms with Crippen LogP contribution in [0.4, 0.5) is 0 Å². The minimum Gasteiger partial charge on any atom is -0.748 e. The maximum atomic E-state index is 10.5. The number of ether oxygens (including phenoxy) is 2. The molecule has 0 spiro atoms. The fraction of sp³-hybridized carbons (Fsp3) is 0.636.